The molecular weight excluding hydrogens is 294 g/mol. The molecule has 0 unspecified atom stereocenters. The molecule has 1 aliphatic heterocycles. The van der Waals surface area contributed by atoms with Gasteiger partial charge in [-0.25, -0.2) is 4.98 Å². The van der Waals surface area contributed by atoms with Crippen LogP contribution in [0.2, 0.25) is 0 Å². The summed E-state index contributed by atoms with van der Waals surface area (Å²) < 4.78 is 5.43. The molecule has 4 nitrogen and oxygen atoms in total. The van der Waals surface area contributed by atoms with Crippen molar-refractivity contribution in [1.82, 2.24) is 9.88 Å². The average molecular weight is 317 g/mol. The number of hydrogen-bond donors (Lipinski definition) is 0. The maximum absolute atomic E-state index is 5.43. The molecule has 0 spiro atoms. The van der Waals surface area contributed by atoms with Crippen molar-refractivity contribution in [2.24, 2.45) is 0 Å². The average Bonchev–Trinajstić information content (AvgIpc) is 2.98. The van der Waals surface area contributed by atoms with E-state index in [4.69, 9.17) is 4.74 Å². The van der Waals surface area contributed by atoms with Gasteiger partial charge >= 0.3 is 0 Å². The summed E-state index contributed by atoms with van der Waals surface area (Å²) in [6.45, 7) is 8.82. The van der Waals surface area contributed by atoms with Gasteiger partial charge in [0.2, 0.25) is 0 Å². The van der Waals surface area contributed by atoms with Gasteiger partial charge < -0.3 is 9.64 Å². The van der Waals surface area contributed by atoms with Crippen LogP contribution in [0.3, 0.4) is 0 Å². The molecular formula is C17H23N3OS. The lowest BCUT2D eigenvalue weighted by Gasteiger charge is -2.31. The number of aromatic nitrogens is 1. The van der Waals surface area contributed by atoms with Gasteiger partial charge in [-0.1, -0.05) is 18.2 Å². The molecule has 0 aliphatic carbocycles. The molecule has 2 aromatic rings. The summed E-state index contributed by atoms with van der Waals surface area (Å²) in [5.74, 6) is 0. The third-order valence-electron chi connectivity index (χ3n) is 3.93. The third-order valence-corrected chi connectivity index (χ3v) is 4.75. The highest BCUT2D eigenvalue weighted by atomic mass is 32.1. The molecule has 0 bridgehead atoms. The van der Waals surface area contributed by atoms with Gasteiger partial charge in [-0.15, -0.1) is 11.3 Å². The molecule has 1 aliphatic rings. The first-order chi connectivity index (χ1) is 10.8. The van der Waals surface area contributed by atoms with Gasteiger partial charge in [-0.3, -0.25) is 4.90 Å². The van der Waals surface area contributed by atoms with Crippen molar-refractivity contribution >= 4 is 17.0 Å². The molecule has 22 heavy (non-hydrogen) atoms. The molecule has 1 aromatic carbocycles. The smallest absolute Gasteiger partial charge is 0.0898 e. The molecule has 2 heterocycles. The van der Waals surface area contributed by atoms with Gasteiger partial charge in [-0.2, -0.15) is 0 Å². The zero-order valence-corrected chi connectivity index (χ0v) is 13.9. The van der Waals surface area contributed by atoms with E-state index in [1.165, 1.54) is 5.69 Å². The predicted octanol–water partition coefficient (Wildman–Crippen LogP) is 2.79. The zero-order chi connectivity index (χ0) is 15.2. The van der Waals surface area contributed by atoms with E-state index in [1.807, 2.05) is 0 Å². The summed E-state index contributed by atoms with van der Waals surface area (Å²) in [6.07, 6.45) is 0. The monoisotopic (exact) mass is 317 g/mol. The van der Waals surface area contributed by atoms with Crippen molar-refractivity contribution < 1.29 is 4.74 Å². The quantitative estimate of drug-likeness (QED) is 0.819. The van der Waals surface area contributed by atoms with E-state index in [0.717, 1.165) is 56.6 Å². The third kappa shape index (κ3) is 4.29. The minimum Gasteiger partial charge on any atom is -0.379 e. The predicted molar refractivity (Wildman–Crippen MR) is 91.6 cm³/mol. The molecule has 0 saturated carbocycles. The normalized spacial score (nSPS) is 15.9. The van der Waals surface area contributed by atoms with E-state index >= 15 is 0 Å². The van der Waals surface area contributed by atoms with E-state index in [2.05, 4.69) is 57.4 Å². The molecule has 1 aromatic heterocycles. The summed E-state index contributed by atoms with van der Waals surface area (Å²) in [5.41, 5.74) is 2.43. The van der Waals surface area contributed by atoms with Crippen LogP contribution < -0.4 is 4.90 Å². The number of nitrogens with zero attached hydrogens (tertiary/aromatic N) is 3. The Morgan fingerprint density at radius 1 is 1.23 bits per heavy atom. The second-order valence-corrected chi connectivity index (χ2v) is 6.63. The van der Waals surface area contributed by atoms with Gasteiger partial charge in [0.25, 0.3) is 0 Å². The van der Waals surface area contributed by atoms with Crippen LogP contribution in [0.4, 0.5) is 5.69 Å². The number of para-hydroxylation sites is 1. The molecule has 118 valence electrons. The topological polar surface area (TPSA) is 28.6 Å². The summed E-state index contributed by atoms with van der Waals surface area (Å²) >= 11 is 1.72. The van der Waals surface area contributed by atoms with Crippen LogP contribution in [-0.4, -0.2) is 49.3 Å². The number of rotatable bonds is 6. The molecule has 1 fully saturated rings. The Balaban J connectivity index is 1.65. The molecule has 0 N–H and O–H groups in total. The van der Waals surface area contributed by atoms with Crippen LogP contribution in [0, 0.1) is 6.92 Å². The highest BCUT2D eigenvalue weighted by Gasteiger charge is 2.14. The van der Waals surface area contributed by atoms with E-state index in [9.17, 15) is 0 Å². The van der Waals surface area contributed by atoms with Gasteiger partial charge in [0.05, 0.1) is 30.5 Å². The van der Waals surface area contributed by atoms with Crippen LogP contribution in [0.1, 0.15) is 10.7 Å². The van der Waals surface area contributed by atoms with E-state index in [0.29, 0.717) is 0 Å². The maximum Gasteiger partial charge on any atom is 0.0898 e. The maximum atomic E-state index is 5.43. The fourth-order valence-electron chi connectivity index (χ4n) is 2.70. The lowest BCUT2D eigenvalue weighted by atomic mass is 10.2. The van der Waals surface area contributed by atoms with E-state index < -0.39 is 0 Å². The Labute approximate surface area is 136 Å². The first-order valence-corrected chi connectivity index (χ1v) is 8.70. The summed E-state index contributed by atoms with van der Waals surface area (Å²) in [4.78, 5) is 9.51. The molecule has 5 heteroatoms. The number of morpholine rings is 1. The minimum atomic E-state index is 0.858. The number of aryl methyl sites for hydroxylation is 1. The molecule has 0 radical (unpaired) electrons. The van der Waals surface area contributed by atoms with Crippen LogP contribution >= 0.6 is 11.3 Å². The zero-order valence-electron chi connectivity index (χ0n) is 13.1. The Kier molecular flexibility index (Phi) is 5.43. The van der Waals surface area contributed by atoms with E-state index in [1.54, 1.807) is 11.3 Å². The van der Waals surface area contributed by atoms with Crippen LogP contribution in [0.15, 0.2) is 35.7 Å². The molecule has 1 saturated heterocycles. The van der Waals surface area contributed by atoms with Crippen LogP contribution in [0.5, 0.6) is 0 Å². The SMILES string of the molecule is Cc1nc(CN(CCN2CCOCC2)c2ccccc2)cs1. The fraction of sp³-hybridized carbons (Fsp3) is 0.471. The van der Waals surface area contributed by atoms with Crippen LogP contribution in [0.25, 0.3) is 0 Å². The second-order valence-electron chi connectivity index (χ2n) is 5.57. The highest BCUT2D eigenvalue weighted by molar-refractivity contribution is 7.09. The first kappa shape index (κ1) is 15.5. The number of ether oxygens (including phenoxy) is 1. The standard InChI is InChI=1S/C17H23N3OS/c1-15-18-16(14-22-15)13-20(17-5-3-2-4-6-17)8-7-19-9-11-21-12-10-19/h2-6,14H,7-13H2,1H3. The molecule has 3 rings (SSSR count). The number of anilines is 1. The van der Waals surface area contributed by atoms with Gasteiger partial charge in [-0.05, 0) is 19.1 Å². The van der Waals surface area contributed by atoms with Crippen molar-refractivity contribution in [1.29, 1.82) is 0 Å². The van der Waals surface area contributed by atoms with Crippen molar-refractivity contribution in [3.63, 3.8) is 0 Å². The Hall–Kier alpha value is -1.43. The Bertz CT molecular complexity index is 566. The van der Waals surface area contributed by atoms with Crippen molar-refractivity contribution in [3.05, 3.63) is 46.4 Å². The number of hydrogen-bond acceptors (Lipinski definition) is 5. The summed E-state index contributed by atoms with van der Waals surface area (Å²) in [6, 6.07) is 10.6. The first-order valence-electron chi connectivity index (χ1n) is 7.82. The largest absolute Gasteiger partial charge is 0.379 e. The fourth-order valence-corrected chi connectivity index (χ4v) is 3.31. The molecule has 0 atom stereocenters. The van der Waals surface area contributed by atoms with Crippen molar-refractivity contribution in [2.45, 2.75) is 13.5 Å². The number of thiazole rings is 1. The Morgan fingerprint density at radius 2 is 2.00 bits per heavy atom. The highest BCUT2D eigenvalue weighted by Crippen LogP contribution is 2.18. The van der Waals surface area contributed by atoms with Gasteiger partial charge in [0.15, 0.2) is 0 Å². The second kappa shape index (κ2) is 7.72. The van der Waals surface area contributed by atoms with Gasteiger partial charge in [0.1, 0.15) is 0 Å². The molecule has 0 amide bonds. The van der Waals surface area contributed by atoms with Crippen molar-refractivity contribution in [3.8, 4) is 0 Å². The summed E-state index contributed by atoms with van der Waals surface area (Å²) in [7, 11) is 0. The van der Waals surface area contributed by atoms with Gasteiger partial charge in [0, 0.05) is 37.2 Å². The summed E-state index contributed by atoms with van der Waals surface area (Å²) in [5, 5.41) is 3.30. The minimum absolute atomic E-state index is 0.858. The van der Waals surface area contributed by atoms with E-state index in [-0.39, 0.29) is 0 Å². The number of benzene rings is 1. The Morgan fingerprint density at radius 3 is 2.68 bits per heavy atom. The lowest BCUT2D eigenvalue weighted by molar-refractivity contribution is 0.0391. The lowest BCUT2D eigenvalue weighted by Crippen LogP contribution is -2.41. The van der Waals surface area contributed by atoms with Crippen molar-refractivity contribution in [2.75, 3.05) is 44.3 Å². The van der Waals surface area contributed by atoms with Crippen LogP contribution in [-0.2, 0) is 11.3 Å².